The third-order valence-electron chi connectivity index (χ3n) is 10.5. The Hall–Kier alpha value is -1.96. The zero-order valence-corrected chi connectivity index (χ0v) is 36.5. The Morgan fingerprint density at radius 1 is 0.327 bits per heavy atom. The summed E-state index contributed by atoms with van der Waals surface area (Å²) in [6.07, 6.45) is 3.80. The first-order valence-corrected chi connectivity index (χ1v) is 19.1. The maximum absolute atomic E-state index is 12.2. The SMILES string of the molecule is CC(C)(C)CC(C)(C)c1cc(C(C)(C)c2cc(C(C)(C)CC(C)(C)C)c(O)c(C(C)(C)CC(C)(C)C)c2)cc(C(C)(C)CC(C)(C)C)c1O. The van der Waals surface area contributed by atoms with Gasteiger partial charge in [-0.25, -0.2) is 0 Å². The molecule has 2 rings (SSSR count). The van der Waals surface area contributed by atoms with Crippen molar-refractivity contribution in [2.24, 2.45) is 21.7 Å². The molecule has 0 unspecified atom stereocenters. The van der Waals surface area contributed by atoms with Crippen LogP contribution >= 0.6 is 0 Å². The van der Waals surface area contributed by atoms with Gasteiger partial charge >= 0.3 is 0 Å². The molecule has 0 aliphatic heterocycles. The summed E-state index contributed by atoms with van der Waals surface area (Å²) in [5.41, 5.74) is 5.58. The minimum Gasteiger partial charge on any atom is -0.507 e. The van der Waals surface area contributed by atoms with Crippen molar-refractivity contribution in [1.82, 2.24) is 0 Å². The molecule has 0 heterocycles. The molecule has 0 aromatic heterocycles. The Balaban J connectivity index is 3.14. The lowest BCUT2D eigenvalue weighted by Crippen LogP contribution is -2.31. The van der Waals surface area contributed by atoms with E-state index in [0.29, 0.717) is 11.5 Å². The molecule has 0 fully saturated rings. The molecule has 280 valence electrons. The van der Waals surface area contributed by atoms with Gasteiger partial charge in [0, 0.05) is 27.7 Å². The molecule has 2 N–H and O–H groups in total. The second kappa shape index (κ2) is 13.2. The lowest BCUT2D eigenvalue weighted by molar-refractivity contribution is 0.267. The molecule has 0 aliphatic carbocycles. The van der Waals surface area contributed by atoms with Gasteiger partial charge < -0.3 is 10.2 Å². The Morgan fingerprint density at radius 3 is 0.633 bits per heavy atom. The van der Waals surface area contributed by atoms with E-state index in [4.69, 9.17) is 0 Å². The van der Waals surface area contributed by atoms with Crippen LogP contribution in [0, 0.1) is 21.7 Å². The topological polar surface area (TPSA) is 40.5 Å². The maximum atomic E-state index is 12.2. The van der Waals surface area contributed by atoms with Crippen molar-refractivity contribution < 1.29 is 10.2 Å². The number of hydrogen-bond donors (Lipinski definition) is 2. The second-order valence-corrected chi connectivity index (χ2v) is 24.0. The smallest absolute Gasteiger partial charge is 0.123 e. The van der Waals surface area contributed by atoms with Gasteiger partial charge in [0.1, 0.15) is 11.5 Å². The highest BCUT2D eigenvalue weighted by Gasteiger charge is 2.40. The molecule has 0 spiro atoms. The van der Waals surface area contributed by atoms with Crippen LogP contribution in [0.1, 0.15) is 211 Å². The number of phenols is 2. The van der Waals surface area contributed by atoms with Gasteiger partial charge in [0.25, 0.3) is 0 Å². The summed E-state index contributed by atoms with van der Waals surface area (Å²) in [5, 5.41) is 24.5. The van der Waals surface area contributed by atoms with Crippen LogP contribution in [-0.4, -0.2) is 10.2 Å². The highest BCUT2D eigenvalue weighted by Crippen LogP contribution is 2.52. The molecule has 0 saturated carbocycles. The molecule has 2 aromatic carbocycles. The van der Waals surface area contributed by atoms with E-state index in [1.807, 2.05) is 0 Å². The monoisotopic (exact) mass is 677 g/mol. The zero-order chi connectivity index (χ0) is 38.8. The number of rotatable bonds is 10. The highest BCUT2D eigenvalue weighted by molar-refractivity contribution is 5.57. The van der Waals surface area contributed by atoms with Crippen LogP contribution in [0.15, 0.2) is 24.3 Å². The van der Waals surface area contributed by atoms with E-state index in [-0.39, 0.29) is 43.3 Å². The fraction of sp³-hybridized carbons (Fsp3) is 0.745. The summed E-state index contributed by atoms with van der Waals surface area (Å²) in [6.45, 7) is 50.6. The minimum atomic E-state index is -0.403. The zero-order valence-electron chi connectivity index (χ0n) is 36.5. The molecule has 0 saturated heterocycles. The largest absolute Gasteiger partial charge is 0.507 e. The Kier molecular flexibility index (Phi) is 11.7. The van der Waals surface area contributed by atoms with Crippen molar-refractivity contribution in [3.63, 3.8) is 0 Å². The first-order chi connectivity index (χ1) is 21.3. The van der Waals surface area contributed by atoms with Gasteiger partial charge in [0.2, 0.25) is 0 Å². The lowest BCUT2D eigenvalue weighted by atomic mass is 9.64. The van der Waals surface area contributed by atoms with Gasteiger partial charge in [-0.1, -0.05) is 177 Å². The van der Waals surface area contributed by atoms with Crippen LogP contribution < -0.4 is 0 Å². The summed E-state index contributed by atoms with van der Waals surface area (Å²) >= 11 is 0. The van der Waals surface area contributed by atoms with Crippen LogP contribution in [0.3, 0.4) is 0 Å². The molecule has 2 aromatic rings. The van der Waals surface area contributed by atoms with Crippen molar-refractivity contribution in [3.8, 4) is 11.5 Å². The van der Waals surface area contributed by atoms with Crippen LogP contribution in [0.25, 0.3) is 0 Å². The van der Waals surface area contributed by atoms with E-state index in [1.165, 1.54) is 11.1 Å². The number of phenolic OH excluding ortho intramolecular Hbond substituents is 2. The summed E-state index contributed by atoms with van der Waals surface area (Å²) in [7, 11) is 0. The molecule has 0 atom stereocenters. The summed E-state index contributed by atoms with van der Waals surface area (Å²) in [4.78, 5) is 0. The summed E-state index contributed by atoms with van der Waals surface area (Å²) in [5.74, 6) is 0.903. The van der Waals surface area contributed by atoms with Gasteiger partial charge in [-0.05, 0) is 80.1 Å². The van der Waals surface area contributed by atoms with Gasteiger partial charge in [-0.15, -0.1) is 0 Å². The predicted molar refractivity (Wildman–Crippen MR) is 217 cm³/mol. The fourth-order valence-electron chi connectivity index (χ4n) is 9.91. The van der Waals surface area contributed by atoms with Gasteiger partial charge in [0.15, 0.2) is 0 Å². The van der Waals surface area contributed by atoms with Crippen molar-refractivity contribution in [1.29, 1.82) is 0 Å². The molecular weight excluding hydrogens is 597 g/mol. The molecule has 0 aliphatic rings. The van der Waals surface area contributed by atoms with Gasteiger partial charge in [0.05, 0.1) is 0 Å². The Labute approximate surface area is 305 Å². The van der Waals surface area contributed by atoms with Gasteiger partial charge in [-0.2, -0.15) is 0 Å². The average molecular weight is 677 g/mol. The number of aromatic hydroxyl groups is 2. The number of hydrogen-bond acceptors (Lipinski definition) is 2. The van der Waals surface area contributed by atoms with Crippen molar-refractivity contribution in [3.05, 3.63) is 57.6 Å². The van der Waals surface area contributed by atoms with Crippen LogP contribution in [0.2, 0.25) is 0 Å². The lowest BCUT2D eigenvalue weighted by Gasteiger charge is -2.40. The quantitative estimate of drug-likeness (QED) is 0.263. The molecule has 2 nitrogen and oxygen atoms in total. The molecule has 0 radical (unpaired) electrons. The van der Waals surface area contributed by atoms with E-state index in [1.54, 1.807) is 0 Å². The van der Waals surface area contributed by atoms with E-state index < -0.39 is 5.41 Å². The predicted octanol–water partition coefficient (Wildman–Crippen LogP) is 14.3. The second-order valence-electron chi connectivity index (χ2n) is 24.0. The van der Waals surface area contributed by atoms with Crippen molar-refractivity contribution in [2.45, 2.75) is 205 Å². The Morgan fingerprint density at radius 2 is 0.490 bits per heavy atom. The highest BCUT2D eigenvalue weighted by atomic mass is 16.3. The summed E-state index contributed by atoms with van der Waals surface area (Å²) < 4.78 is 0. The Bertz CT molecular complexity index is 1250. The van der Waals surface area contributed by atoms with E-state index in [0.717, 1.165) is 47.9 Å². The number of benzene rings is 2. The standard InChI is InChI=1S/C47H80O2/c1-39(2,3)27-43(13,14)33-23-31(24-34(37(33)48)44(15,16)28-40(4,5)6)47(21,22)32-25-35(45(17,18)29-41(7,8)9)38(49)36(26-32)46(19,20)30-42(10,11)12/h23-26,48-49H,27-30H2,1-22H3. The third-order valence-corrected chi connectivity index (χ3v) is 10.5. The van der Waals surface area contributed by atoms with Crippen LogP contribution in [0.4, 0.5) is 0 Å². The van der Waals surface area contributed by atoms with E-state index >= 15 is 0 Å². The van der Waals surface area contributed by atoms with E-state index in [2.05, 4.69) is 177 Å². The first kappa shape index (κ1) is 43.2. The van der Waals surface area contributed by atoms with Crippen molar-refractivity contribution >= 4 is 0 Å². The molecule has 49 heavy (non-hydrogen) atoms. The normalized spacial score (nSPS) is 14.8. The first-order valence-electron chi connectivity index (χ1n) is 19.1. The third kappa shape index (κ3) is 11.0. The molecule has 0 bridgehead atoms. The molecule has 2 heteroatoms. The van der Waals surface area contributed by atoms with E-state index in [9.17, 15) is 10.2 Å². The van der Waals surface area contributed by atoms with Crippen LogP contribution in [0.5, 0.6) is 11.5 Å². The summed E-state index contributed by atoms with van der Waals surface area (Å²) in [6, 6.07) is 9.24. The molecule has 0 amide bonds. The minimum absolute atomic E-state index is 0.0978. The molecular formula is C47H80O2. The fourth-order valence-corrected chi connectivity index (χ4v) is 9.91. The van der Waals surface area contributed by atoms with Crippen molar-refractivity contribution in [2.75, 3.05) is 0 Å². The average Bonchev–Trinajstić information content (AvgIpc) is 2.77. The van der Waals surface area contributed by atoms with Crippen LogP contribution in [-0.2, 0) is 27.1 Å². The maximum Gasteiger partial charge on any atom is 0.123 e. The van der Waals surface area contributed by atoms with Gasteiger partial charge in [-0.3, -0.25) is 0 Å².